The summed E-state index contributed by atoms with van der Waals surface area (Å²) in [5.74, 6) is -1.82. The number of methoxy groups -OCH3 is 2. The van der Waals surface area contributed by atoms with E-state index in [1.807, 2.05) is 36.4 Å². The van der Waals surface area contributed by atoms with Crippen LogP contribution in [0.2, 0.25) is 0 Å². The number of benzene rings is 2. The van der Waals surface area contributed by atoms with Crippen molar-refractivity contribution in [2.45, 2.75) is 17.6 Å². The van der Waals surface area contributed by atoms with Crippen molar-refractivity contribution < 1.29 is 19.1 Å². The van der Waals surface area contributed by atoms with Crippen molar-refractivity contribution in [1.82, 2.24) is 4.98 Å². The van der Waals surface area contributed by atoms with Crippen LogP contribution in [0.3, 0.4) is 0 Å². The molecule has 7 rings (SSSR count). The predicted molar refractivity (Wildman–Crippen MR) is 117 cm³/mol. The third-order valence-corrected chi connectivity index (χ3v) is 7.39. The van der Waals surface area contributed by atoms with Crippen molar-refractivity contribution in [3.8, 4) is 0 Å². The van der Waals surface area contributed by atoms with E-state index >= 15 is 0 Å². The molecule has 160 valence electrons. The van der Waals surface area contributed by atoms with Gasteiger partial charge < -0.3 is 9.47 Å². The minimum absolute atomic E-state index is 0.197. The molecule has 0 radical (unpaired) electrons. The van der Waals surface area contributed by atoms with E-state index in [0.29, 0.717) is 5.69 Å². The molecule has 4 aliphatic rings. The van der Waals surface area contributed by atoms with Crippen LogP contribution >= 0.6 is 0 Å². The van der Waals surface area contributed by atoms with E-state index in [0.717, 1.165) is 22.3 Å². The molecule has 0 unspecified atom stereocenters. The van der Waals surface area contributed by atoms with Gasteiger partial charge in [-0.05, 0) is 34.4 Å². The first kappa shape index (κ1) is 19.3. The van der Waals surface area contributed by atoms with Gasteiger partial charge in [-0.1, -0.05) is 48.5 Å². The van der Waals surface area contributed by atoms with Crippen LogP contribution < -0.4 is 4.90 Å². The topological polar surface area (TPSA) is 68.7 Å². The van der Waals surface area contributed by atoms with Gasteiger partial charge in [0.1, 0.15) is 0 Å². The zero-order valence-corrected chi connectivity index (χ0v) is 17.8. The lowest BCUT2D eigenvalue weighted by Crippen LogP contribution is -2.60. The molecule has 2 atom stereocenters. The Morgan fingerprint density at radius 3 is 2.06 bits per heavy atom. The minimum atomic E-state index is -0.945. The number of pyridine rings is 1. The molecular weight excluding hydrogens is 404 g/mol. The molecule has 3 aromatic rings. The molecular formula is C26H22N2O4. The second-order valence-corrected chi connectivity index (χ2v) is 8.55. The van der Waals surface area contributed by atoms with E-state index in [-0.39, 0.29) is 17.7 Å². The molecule has 1 aliphatic heterocycles. The second-order valence-electron chi connectivity index (χ2n) is 8.55. The maximum Gasteiger partial charge on any atom is 0.239 e. The second kappa shape index (κ2) is 6.82. The van der Waals surface area contributed by atoms with Crippen LogP contribution in [-0.2, 0) is 24.5 Å². The molecule has 1 fully saturated rings. The van der Waals surface area contributed by atoms with Crippen LogP contribution in [0, 0.1) is 11.8 Å². The van der Waals surface area contributed by atoms with Crippen molar-refractivity contribution in [2.24, 2.45) is 11.8 Å². The quantitative estimate of drug-likeness (QED) is 0.473. The average molecular weight is 426 g/mol. The van der Waals surface area contributed by atoms with Crippen molar-refractivity contribution in [1.29, 1.82) is 0 Å². The van der Waals surface area contributed by atoms with Gasteiger partial charge in [0.2, 0.25) is 11.8 Å². The van der Waals surface area contributed by atoms with Crippen molar-refractivity contribution >= 4 is 17.5 Å². The standard InChI is InChI=1S/C26H22N2O4/c1-31-25(32-2)26-18-11-5-3-9-16(18)20(17-10-4-6-12-19(17)26)21-22(26)24(30)28(23(21)29)15-8-7-13-27-14-15/h3-14,20-22,25H,1-2H3/t20?,21-,22+,26?/m1/s1. The number of carbonyl (C=O) groups excluding carboxylic acids is 2. The Kier molecular flexibility index (Phi) is 4.12. The zero-order chi connectivity index (χ0) is 22.0. The Labute approximate surface area is 185 Å². The Balaban J connectivity index is 1.69. The van der Waals surface area contributed by atoms with Crippen molar-refractivity contribution in [3.05, 3.63) is 95.3 Å². The summed E-state index contributed by atoms with van der Waals surface area (Å²) in [6, 6.07) is 19.6. The van der Waals surface area contributed by atoms with Crippen LogP contribution in [0.4, 0.5) is 5.69 Å². The van der Waals surface area contributed by atoms with E-state index < -0.39 is 23.5 Å². The van der Waals surface area contributed by atoms with Crippen LogP contribution in [0.1, 0.15) is 28.2 Å². The Bertz CT molecular complexity index is 1190. The van der Waals surface area contributed by atoms with E-state index in [2.05, 4.69) is 17.1 Å². The van der Waals surface area contributed by atoms with E-state index in [1.165, 1.54) is 4.90 Å². The van der Waals surface area contributed by atoms with Gasteiger partial charge >= 0.3 is 0 Å². The Morgan fingerprint density at radius 1 is 0.875 bits per heavy atom. The fraction of sp³-hybridized carbons (Fsp3) is 0.269. The molecule has 0 saturated carbocycles. The molecule has 0 N–H and O–H groups in total. The summed E-state index contributed by atoms with van der Waals surface area (Å²) >= 11 is 0. The van der Waals surface area contributed by atoms with Crippen LogP contribution in [0.15, 0.2) is 73.1 Å². The largest absolute Gasteiger partial charge is 0.355 e. The highest BCUT2D eigenvalue weighted by Crippen LogP contribution is 2.65. The number of carbonyl (C=O) groups is 2. The van der Waals surface area contributed by atoms with Crippen LogP contribution in [-0.4, -0.2) is 37.3 Å². The van der Waals surface area contributed by atoms with Gasteiger partial charge in [0.25, 0.3) is 0 Å². The van der Waals surface area contributed by atoms with E-state index in [1.54, 1.807) is 38.7 Å². The summed E-state index contributed by atoms with van der Waals surface area (Å²) in [6.45, 7) is 0. The molecule has 6 nitrogen and oxygen atoms in total. The molecule has 3 aliphatic carbocycles. The maximum atomic E-state index is 14.1. The van der Waals surface area contributed by atoms with Gasteiger partial charge in [-0.3, -0.25) is 14.6 Å². The number of aromatic nitrogens is 1. The smallest absolute Gasteiger partial charge is 0.239 e. The SMILES string of the molecule is COC(OC)C12c3ccccc3C(c3ccccc31)[C@H]1C(=O)N(c3cccnc3)C(=O)[C@H]12. The normalized spacial score (nSPS) is 27.5. The number of ether oxygens (including phenoxy) is 2. The number of imide groups is 1. The lowest BCUT2D eigenvalue weighted by Gasteiger charge is -2.56. The molecule has 2 aromatic carbocycles. The minimum Gasteiger partial charge on any atom is -0.355 e. The number of anilines is 1. The van der Waals surface area contributed by atoms with Gasteiger partial charge in [-0.15, -0.1) is 0 Å². The van der Waals surface area contributed by atoms with Crippen LogP contribution in [0.25, 0.3) is 0 Å². The van der Waals surface area contributed by atoms with Gasteiger partial charge in [-0.25, -0.2) is 4.90 Å². The molecule has 0 spiro atoms. The van der Waals surface area contributed by atoms with Crippen LogP contribution in [0.5, 0.6) is 0 Å². The zero-order valence-electron chi connectivity index (χ0n) is 17.8. The highest BCUT2D eigenvalue weighted by Gasteiger charge is 2.71. The summed E-state index contributed by atoms with van der Waals surface area (Å²) in [4.78, 5) is 33.4. The first-order chi connectivity index (χ1) is 15.7. The molecule has 1 aromatic heterocycles. The van der Waals surface area contributed by atoms with E-state index in [9.17, 15) is 9.59 Å². The summed E-state index contributed by atoms with van der Waals surface area (Å²) in [5.41, 5.74) is 3.65. The van der Waals surface area contributed by atoms with Crippen molar-refractivity contribution in [2.75, 3.05) is 19.1 Å². The third-order valence-electron chi connectivity index (χ3n) is 7.39. The molecule has 2 amide bonds. The highest BCUT2D eigenvalue weighted by atomic mass is 16.7. The van der Waals surface area contributed by atoms with Gasteiger partial charge in [0.15, 0.2) is 6.29 Å². The predicted octanol–water partition coefficient (Wildman–Crippen LogP) is 3.25. The third kappa shape index (κ3) is 2.13. The number of rotatable bonds is 4. The summed E-state index contributed by atoms with van der Waals surface area (Å²) in [5, 5.41) is 0. The lowest BCUT2D eigenvalue weighted by atomic mass is 9.47. The maximum absolute atomic E-state index is 14.1. The fourth-order valence-electron chi connectivity index (χ4n) is 6.44. The molecule has 2 bridgehead atoms. The van der Waals surface area contributed by atoms with Gasteiger partial charge in [-0.2, -0.15) is 0 Å². The first-order valence-corrected chi connectivity index (χ1v) is 10.7. The summed E-state index contributed by atoms with van der Waals surface area (Å²) in [6.07, 6.45) is 2.44. The number of nitrogens with zero attached hydrogens (tertiary/aromatic N) is 2. The molecule has 6 heteroatoms. The number of amides is 2. The summed E-state index contributed by atoms with van der Waals surface area (Å²) in [7, 11) is 3.17. The monoisotopic (exact) mass is 426 g/mol. The number of hydrogen-bond acceptors (Lipinski definition) is 5. The molecule has 1 saturated heterocycles. The molecule has 2 heterocycles. The lowest BCUT2D eigenvalue weighted by molar-refractivity contribution is -0.168. The van der Waals surface area contributed by atoms with Gasteiger partial charge in [0.05, 0.1) is 29.1 Å². The Morgan fingerprint density at radius 2 is 1.50 bits per heavy atom. The Hall–Kier alpha value is -3.35. The summed E-state index contributed by atoms with van der Waals surface area (Å²) < 4.78 is 11.8. The van der Waals surface area contributed by atoms with Gasteiger partial charge in [0, 0.05) is 26.3 Å². The first-order valence-electron chi connectivity index (χ1n) is 10.7. The number of hydrogen-bond donors (Lipinski definition) is 0. The molecule has 32 heavy (non-hydrogen) atoms. The van der Waals surface area contributed by atoms with Crippen molar-refractivity contribution in [3.63, 3.8) is 0 Å². The fourth-order valence-corrected chi connectivity index (χ4v) is 6.44. The van der Waals surface area contributed by atoms with E-state index in [4.69, 9.17) is 9.47 Å². The average Bonchev–Trinajstić information content (AvgIpc) is 3.11. The highest BCUT2D eigenvalue weighted by molar-refractivity contribution is 6.23.